The van der Waals surface area contributed by atoms with E-state index in [-0.39, 0.29) is 41.5 Å². The number of carbonyl (C=O) groups is 2. The van der Waals surface area contributed by atoms with Crippen molar-refractivity contribution in [3.8, 4) is 0 Å². The van der Waals surface area contributed by atoms with Gasteiger partial charge in [-0.1, -0.05) is 82.2 Å². The van der Waals surface area contributed by atoms with Crippen LogP contribution in [0.2, 0.25) is 0 Å². The fraction of sp³-hybridized carbons (Fsp3) is 0.714. The van der Waals surface area contributed by atoms with Gasteiger partial charge in [-0.15, -0.1) is 0 Å². The minimum Gasteiger partial charge on any atom is -1.00 e. The van der Waals surface area contributed by atoms with Crippen molar-refractivity contribution in [2.45, 2.75) is 89.3 Å². The summed E-state index contributed by atoms with van der Waals surface area (Å²) in [5.41, 5.74) is -1.000. The van der Waals surface area contributed by atoms with E-state index < -0.39 is 11.6 Å². The molecule has 3 rings (SSSR count). The highest BCUT2D eigenvalue weighted by Gasteiger charge is 2.50. The zero-order valence-corrected chi connectivity index (χ0v) is 23.1. The molecule has 1 aliphatic heterocycles. The number of hydrogen-bond acceptors (Lipinski definition) is 5. The molecule has 7 heteroatoms. The molecule has 0 radical (unpaired) electrons. The second-order valence-corrected chi connectivity index (χ2v) is 10.6. The molecular weight excluding hydrogens is 510 g/mol. The second kappa shape index (κ2) is 14.3. The Morgan fingerprint density at radius 2 is 1.69 bits per heavy atom. The Hall–Kier alpha value is -1.44. The van der Waals surface area contributed by atoms with Crippen LogP contribution in [0.3, 0.4) is 0 Å². The summed E-state index contributed by atoms with van der Waals surface area (Å²) in [5, 5.41) is 11.6. The lowest BCUT2D eigenvalue weighted by atomic mass is 9.80. The van der Waals surface area contributed by atoms with E-state index in [1.54, 1.807) is 0 Å². The minimum absolute atomic E-state index is 0. The van der Waals surface area contributed by atoms with Crippen molar-refractivity contribution in [2.75, 3.05) is 33.3 Å². The highest BCUT2D eigenvalue weighted by Crippen LogP contribution is 2.42. The summed E-state index contributed by atoms with van der Waals surface area (Å²) in [4.78, 5) is 25.7. The van der Waals surface area contributed by atoms with Gasteiger partial charge in [0.2, 0.25) is 0 Å². The van der Waals surface area contributed by atoms with E-state index in [9.17, 15) is 14.7 Å². The lowest BCUT2D eigenvalue weighted by Crippen LogP contribution is -3.00. The van der Waals surface area contributed by atoms with Crippen LogP contribution in [-0.2, 0) is 24.7 Å². The number of likely N-dealkylation sites (tertiary alicyclic amines) is 1. The number of ether oxygens (including phenoxy) is 2. The number of likely N-dealkylation sites (N-methyl/N-ethyl adjacent to an activating group) is 1. The zero-order valence-electron chi connectivity index (χ0n) is 21.6. The van der Waals surface area contributed by atoms with E-state index in [1.807, 2.05) is 37.4 Å². The van der Waals surface area contributed by atoms with Crippen molar-refractivity contribution in [3.05, 3.63) is 35.9 Å². The molecule has 1 aromatic carbocycles. The van der Waals surface area contributed by atoms with Crippen LogP contribution in [0.5, 0.6) is 0 Å². The van der Waals surface area contributed by atoms with Crippen LogP contribution < -0.4 is 17.0 Å². The summed E-state index contributed by atoms with van der Waals surface area (Å²) in [5.74, 6) is -0.855. The average molecular weight is 555 g/mol. The first kappa shape index (κ1) is 29.8. The normalized spacial score (nSPS) is 23.9. The number of hydrogen-bond donors (Lipinski definition) is 1. The lowest BCUT2D eigenvalue weighted by Gasteiger charge is -2.33. The Morgan fingerprint density at radius 3 is 2.37 bits per heavy atom. The largest absolute Gasteiger partial charge is 1.00 e. The van der Waals surface area contributed by atoms with Crippen molar-refractivity contribution in [1.29, 1.82) is 0 Å². The Bertz CT molecular complexity index is 785. The Balaban J connectivity index is 0.00000432. The van der Waals surface area contributed by atoms with Gasteiger partial charge in [-0.25, -0.2) is 9.59 Å². The summed E-state index contributed by atoms with van der Waals surface area (Å²) in [6.07, 6.45) is 11.0. The molecule has 1 saturated carbocycles. The van der Waals surface area contributed by atoms with Crippen molar-refractivity contribution >= 4 is 11.9 Å². The number of benzene rings is 1. The third-order valence-corrected chi connectivity index (χ3v) is 7.65. The van der Waals surface area contributed by atoms with Crippen LogP contribution in [-0.4, -0.2) is 60.9 Å². The van der Waals surface area contributed by atoms with Gasteiger partial charge >= 0.3 is 11.9 Å². The van der Waals surface area contributed by atoms with Gasteiger partial charge in [0, 0.05) is 12.3 Å². The van der Waals surface area contributed by atoms with Gasteiger partial charge < -0.3 is 36.0 Å². The van der Waals surface area contributed by atoms with Crippen molar-refractivity contribution < 1.29 is 45.6 Å². The summed E-state index contributed by atoms with van der Waals surface area (Å²) >= 11 is 0. The molecule has 1 N–H and O–H groups in total. The molecule has 2 aliphatic rings. The number of unbranched alkanes of at least 4 members (excludes halogenated alkanes) is 5. The van der Waals surface area contributed by atoms with Gasteiger partial charge in [-0.05, 0) is 24.8 Å². The molecule has 1 heterocycles. The van der Waals surface area contributed by atoms with Gasteiger partial charge in [-0.3, -0.25) is 0 Å². The molecule has 0 amide bonds. The number of esters is 2. The van der Waals surface area contributed by atoms with Gasteiger partial charge in [0.15, 0.2) is 18.2 Å². The molecule has 1 saturated heterocycles. The van der Waals surface area contributed by atoms with Crippen LogP contribution in [0.1, 0.15) is 83.1 Å². The number of carbonyl (C=O) groups excluding carboxylic acids is 2. The molecular formula is C28H44BrNO5. The van der Waals surface area contributed by atoms with Crippen molar-refractivity contribution in [2.24, 2.45) is 5.92 Å². The van der Waals surface area contributed by atoms with Gasteiger partial charge in [0.05, 0.1) is 20.2 Å². The fourth-order valence-electron chi connectivity index (χ4n) is 5.59. The molecule has 3 atom stereocenters. The first-order valence-electron chi connectivity index (χ1n) is 13.4. The SMILES string of the molecule is CCCCCCCCOC(=O)C[N+]1(C)CCC(OC(=O)[C@](O)(c2ccccc2)C2CCCC2)C1.[Br-]. The van der Waals surface area contributed by atoms with Crippen LogP contribution in [0.25, 0.3) is 0 Å². The van der Waals surface area contributed by atoms with Crippen LogP contribution in [0.15, 0.2) is 30.3 Å². The maximum absolute atomic E-state index is 13.3. The van der Waals surface area contributed by atoms with E-state index in [0.29, 0.717) is 29.6 Å². The van der Waals surface area contributed by atoms with Gasteiger partial charge in [0.1, 0.15) is 6.54 Å². The molecule has 198 valence electrons. The predicted octanol–water partition coefficient (Wildman–Crippen LogP) is 1.73. The number of rotatable bonds is 13. The molecule has 1 aromatic rings. The molecule has 35 heavy (non-hydrogen) atoms. The maximum Gasteiger partial charge on any atom is 0.361 e. The van der Waals surface area contributed by atoms with Crippen LogP contribution >= 0.6 is 0 Å². The minimum atomic E-state index is -1.61. The van der Waals surface area contributed by atoms with E-state index in [4.69, 9.17) is 9.47 Å². The highest BCUT2D eigenvalue weighted by atomic mass is 79.9. The third kappa shape index (κ3) is 8.29. The number of halogens is 1. The summed E-state index contributed by atoms with van der Waals surface area (Å²) in [6, 6.07) is 9.21. The van der Waals surface area contributed by atoms with Crippen LogP contribution in [0, 0.1) is 5.92 Å². The van der Waals surface area contributed by atoms with Crippen molar-refractivity contribution in [1.82, 2.24) is 0 Å². The predicted molar refractivity (Wildman–Crippen MR) is 132 cm³/mol. The average Bonchev–Trinajstić information content (AvgIpc) is 3.49. The highest BCUT2D eigenvalue weighted by molar-refractivity contribution is 5.81. The molecule has 0 bridgehead atoms. The first-order chi connectivity index (χ1) is 16.4. The Morgan fingerprint density at radius 1 is 1.03 bits per heavy atom. The molecule has 2 unspecified atom stereocenters. The Labute approximate surface area is 221 Å². The van der Waals surface area contributed by atoms with Gasteiger partial charge in [0.25, 0.3) is 0 Å². The molecule has 2 fully saturated rings. The maximum atomic E-state index is 13.3. The van der Waals surface area contributed by atoms with E-state index in [1.165, 1.54) is 25.7 Å². The number of aliphatic hydroxyl groups is 1. The van der Waals surface area contributed by atoms with E-state index in [0.717, 1.165) is 45.1 Å². The van der Waals surface area contributed by atoms with Crippen LogP contribution in [0.4, 0.5) is 0 Å². The molecule has 6 nitrogen and oxygen atoms in total. The number of quaternary nitrogens is 1. The number of nitrogens with zero attached hydrogens (tertiary/aromatic N) is 1. The quantitative estimate of drug-likeness (QED) is 0.229. The monoisotopic (exact) mass is 553 g/mol. The smallest absolute Gasteiger partial charge is 0.361 e. The second-order valence-electron chi connectivity index (χ2n) is 10.6. The lowest BCUT2D eigenvalue weighted by molar-refractivity contribution is -0.891. The summed E-state index contributed by atoms with van der Waals surface area (Å²) in [6.45, 7) is 4.28. The van der Waals surface area contributed by atoms with Crippen molar-refractivity contribution in [3.63, 3.8) is 0 Å². The fourth-order valence-corrected chi connectivity index (χ4v) is 5.59. The molecule has 0 aromatic heterocycles. The topological polar surface area (TPSA) is 72.8 Å². The van der Waals surface area contributed by atoms with E-state index >= 15 is 0 Å². The van der Waals surface area contributed by atoms with E-state index in [2.05, 4.69) is 6.92 Å². The summed E-state index contributed by atoms with van der Waals surface area (Å²) < 4.78 is 11.9. The first-order valence-corrected chi connectivity index (χ1v) is 13.4. The Kier molecular flexibility index (Phi) is 12.2. The molecule has 1 aliphatic carbocycles. The molecule has 0 spiro atoms. The summed E-state index contributed by atoms with van der Waals surface area (Å²) in [7, 11) is 2.01. The standard InChI is InChI=1S/C28H44NO5.BrH/c1-3-4-5-6-7-13-20-33-26(30)22-29(2)19-18-25(21-29)34-27(31)28(32,24-16-11-12-17-24)23-14-9-8-10-15-23;/h8-10,14-15,24-25,32H,3-7,11-13,16-22H2,1-2H3;1H/q+1;/p-1/t25?,28-,29?;/m0./s1. The van der Waals surface area contributed by atoms with Gasteiger partial charge in [-0.2, -0.15) is 0 Å². The third-order valence-electron chi connectivity index (χ3n) is 7.65. The zero-order chi connectivity index (χ0) is 24.4.